The Hall–Kier alpha value is -2.95. The smallest absolute Gasteiger partial charge is 0.331 e. The van der Waals surface area contributed by atoms with Crippen molar-refractivity contribution in [2.75, 3.05) is 11.9 Å². The van der Waals surface area contributed by atoms with Crippen molar-refractivity contribution in [2.45, 2.75) is 6.92 Å². The van der Waals surface area contributed by atoms with Crippen molar-refractivity contribution < 1.29 is 18.7 Å². The van der Waals surface area contributed by atoms with E-state index in [1.54, 1.807) is 6.08 Å². The van der Waals surface area contributed by atoms with Crippen molar-refractivity contribution in [1.29, 1.82) is 0 Å². The zero-order valence-electron chi connectivity index (χ0n) is 12.6. The van der Waals surface area contributed by atoms with Crippen LogP contribution in [0.4, 0.5) is 10.1 Å². The van der Waals surface area contributed by atoms with Crippen LogP contribution >= 0.6 is 0 Å². The molecule has 1 N–H and O–H groups in total. The van der Waals surface area contributed by atoms with Gasteiger partial charge in [-0.3, -0.25) is 4.79 Å². The van der Waals surface area contributed by atoms with E-state index >= 15 is 0 Å². The third-order valence-electron chi connectivity index (χ3n) is 2.96. The summed E-state index contributed by atoms with van der Waals surface area (Å²) in [5.41, 5.74) is 2.42. The summed E-state index contributed by atoms with van der Waals surface area (Å²) in [7, 11) is 0. The van der Waals surface area contributed by atoms with E-state index in [0.717, 1.165) is 11.1 Å². The minimum Gasteiger partial charge on any atom is -0.452 e. The highest BCUT2D eigenvalue weighted by Crippen LogP contribution is 2.08. The molecule has 0 unspecified atom stereocenters. The average molecular weight is 313 g/mol. The molecule has 0 aliphatic heterocycles. The molecule has 0 spiro atoms. The molecule has 2 rings (SSSR count). The summed E-state index contributed by atoms with van der Waals surface area (Å²) in [5, 5.41) is 2.50. The molecule has 0 bridgehead atoms. The first-order chi connectivity index (χ1) is 11.0. The highest BCUT2D eigenvalue weighted by atomic mass is 19.1. The quantitative estimate of drug-likeness (QED) is 0.680. The van der Waals surface area contributed by atoms with E-state index in [1.165, 1.54) is 30.3 Å². The van der Waals surface area contributed by atoms with E-state index in [9.17, 15) is 14.0 Å². The van der Waals surface area contributed by atoms with E-state index in [-0.39, 0.29) is 0 Å². The van der Waals surface area contributed by atoms with Gasteiger partial charge >= 0.3 is 5.97 Å². The normalized spacial score (nSPS) is 10.5. The van der Waals surface area contributed by atoms with Crippen LogP contribution in [-0.2, 0) is 14.3 Å². The van der Waals surface area contributed by atoms with Crippen molar-refractivity contribution in [3.63, 3.8) is 0 Å². The molecule has 2 aromatic rings. The summed E-state index contributed by atoms with van der Waals surface area (Å²) in [6.45, 7) is 1.57. The summed E-state index contributed by atoms with van der Waals surface area (Å²) in [5.74, 6) is -1.50. The molecule has 0 saturated carbocycles. The van der Waals surface area contributed by atoms with Crippen LogP contribution in [0.15, 0.2) is 54.6 Å². The lowest BCUT2D eigenvalue weighted by Gasteiger charge is -2.05. The van der Waals surface area contributed by atoms with Crippen LogP contribution in [-0.4, -0.2) is 18.5 Å². The standard InChI is InChI=1S/C18H16FNO3/c1-13-2-4-14(5-3-13)6-11-18(22)23-12-17(21)20-16-9-7-15(19)8-10-16/h2-11H,12H2,1H3,(H,20,21). The molecule has 2 aromatic carbocycles. The number of hydrogen-bond acceptors (Lipinski definition) is 3. The minimum atomic E-state index is -0.611. The van der Waals surface area contributed by atoms with Crippen LogP contribution in [0.5, 0.6) is 0 Å². The van der Waals surface area contributed by atoms with Gasteiger partial charge in [-0.1, -0.05) is 29.8 Å². The maximum Gasteiger partial charge on any atom is 0.331 e. The van der Waals surface area contributed by atoms with Crippen molar-refractivity contribution in [3.05, 3.63) is 71.6 Å². The van der Waals surface area contributed by atoms with Crippen LogP contribution in [0, 0.1) is 12.7 Å². The number of benzene rings is 2. The molecule has 118 valence electrons. The van der Waals surface area contributed by atoms with Gasteiger partial charge in [0.05, 0.1) is 0 Å². The summed E-state index contributed by atoms with van der Waals surface area (Å²) in [6, 6.07) is 12.9. The molecular formula is C18H16FNO3. The molecule has 0 radical (unpaired) electrons. The molecule has 5 heteroatoms. The number of esters is 1. The van der Waals surface area contributed by atoms with Gasteiger partial charge in [0.1, 0.15) is 5.82 Å². The highest BCUT2D eigenvalue weighted by Gasteiger charge is 2.05. The Morgan fingerprint density at radius 2 is 1.74 bits per heavy atom. The molecule has 0 fully saturated rings. The number of ether oxygens (including phenoxy) is 1. The Balaban J connectivity index is 1.78. The zero-order valence-corrected chi connectivity index (χ0v) is 12.6. The topological polar surface area (TPSA) is 55.4 Å². The molecule has 1 amide bonds. The first kappa shape index (κ1) is 16.4. The Bertz CT molecular complexity index is 706. The third kappa shape index (κ3) is 5.74. The lowest BCUT2D eigenvalue weighted by molar-refractivity contribution is -0.142. The van der Waals surface area contributed by atoms with Gasteiger partial charge in [-0.2, -0.15) is 0 Å². The Labute approximate surface area is 133 Å². The van der Waals surface area contributed by atoms with Crippen LogP contribution < -0.4 is 5.32 Å². The summed E-state index contributed by atoms with van der Waals surface area (Å²) < 4.78 is 17.6. The number of rotatable bonds is 5. The second-order valence-corrected chi connectivity index (χ2v) is 4.91. The SMILES string of the molecule is Cc1ccc(C=CC(=O)OCC(=O)Nc2ccc(F)cc2)cc1. The zero-order chi connectivity index (χ0) is 16.7. The molecule has 23 heavy (non-hydrogen) atoms. The van der Waals surface area contributed by atoms with E-state index in [4.69, 9.17) is 4.74 Å². The highest BCUT2D eigenvalue weighted by molar-refractivity contribution is 5.94. The number of carbonyl (C=O) groups is 2. The van der Waals surface area contributed by atoms with Gasteiger partial charge in [0.25, 0.3) is 5.91 Å². The van der Waals surface area contributed by atoms with Gasteiger partial charge in [-0.15, -0.1) is 0 Å². The van der Waals surface area contributed by atoms with Gasteiger partial charge in [-0.25, -0.2) is 9.18 Å². The Morgan fingerprint density at radius 1 is 1.09 bits per heavy atom. The van der Waals surface area contributed by atoms with Crippen LogP contribution in [0.1, 0.15) is 11.1 Å². The van der Waals surface area contributed by atoms with Crippen molar-refractivity contribution in [2.24, 2.45) is 0 Å². The maximum atomic E-state index is 12.7. The first-order valence-corrected chi connectivity index (χ1v) is 7.00. The second-order valence-electron chi connectivity index (χ2n) is 4.91. The van der Waals surface area contributed by atoms with Crippen LogP contribution in [0.25, 0.3) is 6.08 Å². The van der Waals surface area contributed by atoms with Crippen molar-refractivity contribution in [3.8, 4) is 0 Å². The number of amides is 1. The van der Waals surface area contributed by atoms with E-state index < -0.39 is 24.3 Å². The first-order valence-electron chi connectivity index (χ1n) is 7.00. The number of carbonyl (C=O) groups excluding carboxylic acids is 2. The van der Waals surface area contributed by atoms with Crippen LogP contribution in [0.2, 0.25) is 0 Å². The second kappa shape index (κ2) is 7.89. The van der Waals surface area contributed by atoms with Crippen molar-refractivity contribution in [1.82, 2.24) is 0 Å². The maximum absolute atomic E-state index is 12.7. The molecule has 0 heterocycles. The predicted octanol–water partition coefficient (Wildman–Crippen LogP) is 3.33. The number of nitrogens with one attached hydrogen (secondary N) is 1. The summed E-state index contributed by atoms with van der Waals surface area (Å²) in [6.07, 6.45) is 2.87. The Kier molecular flexibility index (Phi) is 5.63. The van der Waals surface area contributed by atoms with Gasteiger partial charge < -0.3 is 10.1 Å². The average Bonchev–Trinajstić information content (AvgIpc) is 2.54. The molecule has 0 aromatic heterocycles. The lowest BCUT2D eigenvalue weighted by atomic mass is 10.1. The molecule has 0 atom stereocenters. The monoisotopic (exact) mass is 313 g/mol. The fourth-order valence-corrected chi connectivity index (χ4v) is 1.76. The third-order valence-corrected chi connectivity index (χ3v) is 2.96. The fourth-order valence-electron chi connectivity index (χ4n) is 1.76. The molecular weight excluding hydrogens is 297 g/mol. The molecule has 0 aliphatic carbocycles. The summed E-state index contributed by atoms with van der Waals surface area (Å²) >= 11 is 0. The molecule has 0 saturated heterocycles. The Morgan fingerprint density at radius 3 is 2.39 bits per heavy atom. The van der Waals surface area contributed by atoms with E-state index in [1.807, 2.05) is 31.2 Å². The fraction of sp³-hybridized carbons (Fsp3) is 0.111. The minimum absolute atomic E-state index is 0.393. The van der Waals surface area contributed by atoms with Crippen LogP contribution in [0.3, 0.4) is 0 Å². The van der Waals surface area contributed by atoms with Crippen molar-refractivity contribution >= 4 is 23.6 Å². The van der Waals surface area contributed by atoms with Gasteiger partial charge in [-0.05, 0) is 42.8 Å². The van der Waals surface area contributed by atoms with E-state index in [0.29, 0.717) is 5.69 Å². The van der Waals surface area contributed by atoms with Gasteiger partial charge in [0.2, 0.25) is 0 Å². The molecule has 4 nitrogen and oxygen atoms in total. The van der Waals surface area contributed by atoms with E-state index in [2.05, 4.69) is 5.32 Å². The number of anilines is 1. The molecule has 0 aliphatic rings. The largest absolute Gasteiger partial charge is 0.452 e. The number of halogens is 1. The lowest BCUT2D eigenvalue weighted by Crippen LogP contribution is -2.20. The summed E-state index contributed by atoms with van der Waals surface area (Å²) in [4.78, 5) is 23.2. The number of aryl methyl sites for hydroxylation is 1. The van der Waals surface area contributed by atoms with Gasteiger partial charge in [0.15, 0.2) is 6.61 Å². The number of hydrogen-bond donors (Lipinski definition) is 1. The predicted molar refractivity (Wildman–Crippen MR) is 86.2 cm³/mol. The van der Waals surface area contributed by atoms with Gasteiger partial charge in [0, 0.05) is 11.8 Å².